The Morgan fingerprint density at radius 3 is 2.38 bits per heavy atom. The lowest BCUT2D eigenvalue weighted by molar-refractivity contribution is -0.274. The first-order chi connectivity index (χ1) is 18.9. The lowest BCUT2D eigenvalue weighted by Crippen LogP contribution is -2.29. The molecule has 13 heteroatoms. The Kier molecular flexibility index (Phi) is 7.15. The maximum Gasteiger partial charge on any atom is 0.573 e. The zero-order valence-corrected chi connectivity index (χ0v) is 22.6. The summed E-state index contributed by atoms with van der Waals surface area (Å²) >= 11 is 0. The predicted molar refractivity (Wildman–Crippen MR) is 140 cm³/mol. The fraction of sp³-hybridized carbons (Fsp3) is 0.444. The molecule has 2 saturated carbocycles. The SMILES string of the molecule is C[C@H](NC(=O)c1cc(OC(F)(F)F)cc(C2CC2)c1)c1nc(N(C)C)nn1-c1ccc(C(=O)N(C)C2CC2)cn1. The van der Waals surface area contributed by atoms with Crippen molar-refractivity contribution in [3.63, 3.8) is 0 Å². The van der Waals surface area contributed by atoms with Crippen LogP contribution < -0.4 is 15.0 Å². The summed E-state index contributed by atoms with van der Waals surface area (Å²) in [6, 6.07) is 6.88. The molecule has 3 aromatic rings. The molecule has 0 unspecified atom stereocenters. The zero-order chi connectivity index (χ0) is 28.8. The van der Waals surface area contributed by atoms with E-state index in [-0.39, 0.29) is 23.4 Å². The van der Waals surface area contributed by atoms with Crippen molar-refractivity contribution in [1.82, 2.24) is 30.0 Å². The van der Waals surface area contributed by atoms with Gasteiger partial charge in [-0.15, -0.1) is 18.3 Å². The molecule has 2 amide bonds. The van der Waals surface area contributed by atoms with E-state index in [0.717, 1.165) is 31.7 Å². The average molecular weight is 558 g/mol. The summed E-state index contributed by atoms with van der Waals surface area (Å²) in [5.74, 6) is 0.0820. The van der Waals surface area contributed by atoms with Gasteiger partial charge in [0, 0.05) is 38.9 Å². The van der Waals surface area contributed by atoms with Crippen LogP contribution in [0.25, 0.3) is 5.82 Å². The van der Waals surface area contributed by atoms with E-state index < -0.39 is 24.1 Å². The number of alkyl halides is 3. The summed E-state index contributed by atoms with van der Waals surface area (Å²) in [7, 11) is 5.30. The van der Waals surface area contributed by atoms with Crippen LogP contribution in [-0.4, -0.2) is 70.0 Å². The van der Waals surface area contributed by atoms with Gasteiger partial charge in [0.1, 0.15) is 5.75 Å². The number of anilines is 1. The summed E-state index contributed by atoms with van der Waals surface area (Å²) < 4.78 is 44.3. The maximum atomic E-state index is 13.2. The number of carbonyl (C=O) groups excluding carboxylic acids is 2. The molecule has 1 atom stereocenters. The maximum absolute atomic E-state index is 13.2. The van der Waals surface area contributed by atoms with Crippen LogP contribution in [0, 0.1) is 0 Å². The number of carbonyl (C=O) groups is 2. The highest BCUT2D eigenvalue weighted by molar-refractivity contribution is 5.95. The smallest absolute Gasteiger partial charge is 0.406 e. The molecule has 1 aromatic carbocycles. The number of ether oxygens (including phenoxy) is 1. The Bertz CT molecular complexity index is 1410. The number of nitrogens with one attached hydrogen (secondary N) is 1. The minimum absolute atomic E-state index is 0.0511. The number of hydrogen-bond donors (Lipinski definition) is 1. The van der Waals surface area contributed by atoms with Crippen molar-refractivity contribution in [2.75, 3.05) is 26.0 Å². The summed E-state index contributed by atoms with van der Waals surface area (Å²) in [5, 5.41) is 7.32. The highest BCUT2D eigenvalue weighted by Gasteiger charge is 2.33. The number of aromatic nitrogens is 4. The standard InChI is InChI=1S/C27H30F3N7O3/c1-15(32-24(38)19-11-18(16-5-6-16)12-21(13-19)40-27(28,29)30)23-33-26(35(2)3)34-37(23)22-10-7-17(14-31-22)25(39)36(4)20-8-9-20/h7,10-16,20H,5-6,8-9H2,1-4H3,(H,32,38)/t15-/m0/s1. The van der Waals surface area contributed by atoms with Gasteiger partial charge in [-0.3, -0.25) is 9.59 Å². The molecular formula is C27H30F3N7O3. The molecule has 10 nitrogen and oxygen atoms in total. The molecule has 1 N–H and O–H groups in total. The highest BCUT2D eigenvalue weighted by atomic mass is 19.4. The van der Waals surface area contributed by atoms with Gasteiger partial charge in [-0.25, -0.2) is 4.98 Å². The third-order valence-corrected chi connectivity index (χ3v) is 6.86. The van der Waals surface area contributed by atoms with Gasteiger partial charge in [-0.1, -0.05) is 0 Å². The minimum atomic E-state index is -4.87. The van der Waals surface area contributed by atoms with Crippen LogP contribution in [0.15, 0.2) is 36.5 Å². The van der Waals surface area contributed by atoms with Crippen LogP contribution in [0.1, 0.15) is 76.7 Å². The van der Waals surface area contributed by atoms with E-state index in [9.17, 15) is 22.8 Å². The molecule has 2 fully saturated rings. The van der Waals surface area contributed by atoms with Gasteiger partial charge >= 0.3 is 6.36 Å². The van der Waals surface area contributed by atoms with E-state index in [0.29, 0.717) is 28.7 Å². The lowest BCUT2D eigenvalue weighted by atomic mass is 10.1. The van der Waals surface area contributed by atoms with Gasteiger partial charge in [0.05, 0.1) is 11.6 Å². The Labute approximate surface area is 229 Å². The molecule has 5 rings (SSSR count). The summed E-state index contributed by atoms with van der Waals surface area (Å²) in [6.45, 7) is 1.69. The van der Waals surface area contributed by atoms with E-state index >= 15 is 0 Å². The van der Waals surface area contributed by atoms with E-state index in [1.807, 2.05) is 0 Å². The minimum Gasteiger partial charge on any atom is -0.406 e. The molecule has 0 bridgehead atoms. The normalized spacial score (nSPS) is 15.9. The van der Waals surface area contributed by atoms with Crippen molar-refractivity contribution < 1.29 is 27.5 Å². The zero-order valence-electron chi connectivity index (χ0n) is 22.6. The molecule has 2 aliphatic rings. The lowest BCUT2D eigenvalue weighted by Gasteiger charge is -2.17. The number of rotatable bonds is 9. The summed E-state index contributed by atoms with van der Waals surface area (Å²) in [6.07, 6.45) is 0.285. The quantitative estimate of drug-likeness (QED) is 0.420. The molecule has 2 aliphatic carbocycles. The molecule has 2 heterocycles. The van der Waals surface area contributed by atoms with Gasteiger partial charge < -0.3 is 19.9 Å². The molecule has 2 aromatic heterocycles. The number of benzene rings is 1. The molecule has 0 radical (unpaired) electrons. The molecule has 0 aliphatic heterocycles. The highest BCUT2D eigenvalue weighted by Crippen LogP contribution is 2.42. The van der Waals surface area contributed by atoms with Crippen LogP contribution in [0.2, 0.25) is 0 Å². The second-order valence-electron chi connectivity index (χ2n) is 10.4. The van der Waals surface area contributed by atoms with Crippen LogP contribution in [0.4, 0.5) is 19.1 Å². The first-order valence-electron chi connectivity index (χ1n) is 13.0. The number of pyridine rings is 1. The predicted octanol–water partition coefficient (Wildman–Crippen LogP) is 4.23. The first-order valence-corrected chi connectivity index (χ1v) is 13.0. The third-order valence-electron chi connectivity index (χ3n) is 6.86. The topological polar surface area (TPSA) is 105 Å². The Hall–Kier alpha value is -4.16. The van der Waals surface area contributed by atoms with Crippen molar-refractivity contribution >= 4 is 17.8 Å². The van der Waals surface area contributed by atoms with E-state index in [1.165, 1.54) is 16.9 Å². The molecular weight excluding hydrogens is 527 g/mol. The summed E-state index contributed by atoms with van der Waals surface area (Å²) in [4.78, 5) is 38.3. The van der Waals surface area contributed by atoms with Crippen LogP contribution in [0.3, 0.4) is 0 Å². The largest absolute Gasteiger partial charge is 0.573 e. The monoisotopic (exact) mass is 557 g/mol. The second-order valence-corrected chi connectivity index (χ2v) is 10.4. The molecule has 0 saturated heterocycles. The molecule has 40 heavy (non-hydrogen) atoms. The van der Waals surface area contributed by atoms with Gasteiger partial charge in [-0.2, -0.15) is 9.67 Å². The van der Waals surface area contributed by atoms with Gasteiger partial charge in [0.2, 0.25) is 5.95 Å². The van der Waals surface area contributed by atoms with Crippen LogP contribution >= 0.6 is 0 Å². The number of nitrogens with zero attached hydrogens (tertiary/aromatic N) is 6. The van der Waals surface area contributed by atoms with Crippen LogP contribution in [-0.2, 0) is 0 Å². The fourth-order valence-corrected chi connectivity index (χ4v) is 4.36. The molecule has 0 spiro atoms. The van der Waals surface area contributed by atoms with Crippen LogP contribution in [0.5, 0.6) is 5.75 Å². The van der Waals surface area contributed by atoms with Crippen molar-refractivity contribution in [3.8, 4) is 11.6 Å². The third kappa shape index (κ3) is 6.18. The number of hydrogen-bond acceptors (Lipinski definition) is 7. The van der Waals surface area contributed by atoms with Crippen molar-refractivity contribution in [2.45, 2.75) is 57.0 Å². The Balaban J connectivity index is 1.39. The van der Waals surface area contributed by atoms with Gasteiger partial charge in [0.15, 0.2) is 11.6 Å². The van der Waals surface area contributed by atoms with Gasteiger partial charge in [-0.05, 0) is 74.4 Å². The van der Waals surface area contributed by atoms with E-state index in [4.69, 9.17) is 0 Å². The number of halogens is 3. The van der Waals surface area contributed by atoms with E-state index in [1.54, 1.807) is 56.1 Å². The second kappa shape index (κ2) is 10.4. The fourth-order valence-electron chi connectivity index (χ4n) is 4.36. The van der Waals surface area contributed by atoms with Crippen molar-refractivity contribution in [1.29, 1.82) is 0 Å². The summed E-state index contributed by atoms with van der Waals surface area (Å²) in [5.41, 5.74) is 1.13. The first kappa shape index (κ1) is 27.4. The van der Waals surface area contributed by atoms with Gasteiger partial charge in [0.25, 0.3) is 11.8 Å². The van der Waals surface area contributed by atoms with E-state index in [2.05, 4.69) is 25.1 Å². The average Bonchev–Trinajstić information content (AvgIpc) is 3.83. The van der Waals surface area contributed by atoms with Crippen molar-refractivity contribution in [3.05, 3.63) is 59.0 Å². The Morgan fingerprint density at radius 1 is 1.07 bits per heavy atom. The molecule has 212 valence electrons. The number of amides is 2. The Morgan fingerprint density at radius 2 is 1.80 bits per heavy atom. The van der Waals surface area contributed by atoms with Crippen molar-refractivity contribution in [2.24, 2.45) is 0 Å².